The smallest absolute Gasteiger partial charge is 0.151 e. The maximum absolute atomic E-state index is 11.5. The minimum Gasteiger partial charge on any atom is -0.309 e. The van der Waals surface area contributed by atoms with E-state index in [2.05, 4.69) is 21.2 Å². The van der Waals surface area contributed by atoms with Gasteiger partial charge in [-0.2, -0.15) is 0 Å². The molecule has 0 aliphatic rings. The first kappa shape index (κ1) is 15.7. The maximum atomic E-state index is 11.5. The fourth-order valence-electron chi connectivity index (χ4n) is 1.71. The third-order valence-electron chi connectivity index (χ3n) is 2.75. The number of benzene rings is 1. The summed E-state index contributed by atoms with van der Waals surface area (Å²) in [6.07, 6.45) is 0.685. The van der Waals surface area contributed by atoms with Gasteiger partial charge in [0.25, 0.3) is 0 Å². The third kappa shape index (κ3) is 5.50. The largest absolute Gasteiger partial charge is 0.309 e. The van der Waals surface area contributed by atoms with E-state index in [-0.39, 0.29) is 17.5 Å². The van der Waals surface area contributed by atoms with Gasteiger partial charge in [-0.15, -0.1) is 0 Å². The lowest BCUT2D eigenvalue weighted by Gasteiger charge is -2.14. The van der Waals surface area contributed by atoms with Gasteiger partial charge in [-0.05, 0) is 31.0 Å². The topological polar surface area (TPSA) is 46.2 Å². The second-order valence-electron chi connectivity index (χ2n) is 4.38. The fraction of sp³-hybridized carbons (Fsp3) is 0.538. The Morgan fingerprint density at radius 3 is 2.39 bits per heavy atom. The molecule has 0 amide bonds. The van der Waals surface area contributed by atoms with Gasteiger partial charge in [0.1, 0.15) is 0 Å². The average molecular weight is 334 g/mol. The molecule has 0 spiro atoms. The molecule has 0 bridgehead atoms. The molecule has 0 radical (unpaired) electrons. The summed E-state index contributed by atoms with van der Waals surface area (Å²) in [5.74, 6) is 0.489. The second-order valence-corrected chi connectivity index (χ2v) is 7.60. The molecule has 1 aromatic carbocycles. The molecule has 102 valence electrons. The van der Waals surface area contributed by atoms with Crippen molar-refractivity contribution in [3.8, 4) is 0 Å². The zero-order valence-electron chi connectivity index (χ0n) is 10.8. The molecule has 0 aliphatic carbocycles. The van der Waals surface area contributed by atoms with Crippen molar-refractivity contribution >= 4 is 25.8 Å². The Morgan fingerprint density at radius 1 is 1.22 bits per heavy atom. The Balaban J connectivity index is 2.42. The Kier molecular flexibility index (Phi) is 6.32. The van der Waals surface area contributed by atoms with Gasteiger partial charge >= 0.3 is 0 Å². The van der Waals surface area contributed by atoms with Gasteiger partial charge in [0.15, 0.2) is 9.84 Å². The maximum Gasteiger partial charge on any atom is 0.151 e. The normalized spacial score (nSPS) is 13.5. The monoisotopic (exact) mass is 333 g/mol. The number of sulfone groups is 1. The molecule has 1 atom stereocenters. The van der Waals surface area contributed by atoms with Crippen LogP contribution >= 0.6 is 15.9 Å². The Bertz CT molecular complexity index is 456. The quantitative estimate of drug-likeness (QED) is 0.834. The lowest BCUT2D eigenvalue weighted by atomic mass is 10.1. The van der Waals surface area contributed by atoms with E-state index in [0.29, 0.717) is 13.0 Å². The number of rotatable bonds is 7. The number of hydrogen-bond acceptors (Lipinski definition) is 3. The highest BCUT2D eigenvalue weighted by atomic mass is 79.9. The molecule has 0 aliphatic heterocycles. The van der Waals surface area contributed by atoms with Crippen molar-refractivity contribution in [2.24, 2.45) is 0 Å². The molecule has 0 aromatic heterocycles. The lowest BCUT2D eigenvalue weighted by Crippen LogP contribution is -2.26. The highest BCUT2D eigenvalue weighted by molar-refractivity contribution is 9.10. The Labute approximate surface area is 118 Å². The van der Waals surface area contributed by atoms with Gasteiger partial charge in [0.05, 0.1) is 5.75 Å². The van der Waals surface area contributed by atoms with E-state index in [1.807, 2.05) is 38.1 Å². The molecule has 0 saturated carbocycles. The van der Waals surface area contributed by atoms with E-state index >= 15 is 0 Å². The summed E-state index contributed by atoms with van der Waals surface area (Å²) in [5.41, 5.74) is 1.16. The third-order valence-corrected chi connectivity index (χ3v) is 5.13. The first-order chi connectivity index (χ1) is 8.44. The molecule has 0 unspecified atom stereocenters. The molecule has 0 heterocycles. The van der Waals surface area contributed by atoms with Gasteiger partial charge in [-0.3, -0.25) is 0 Å². The van der Waals surface area contributed by atoms with Gasteiger partial charge in [-0.25, -0.2) is 8.42 Å². The Hall–Kier alpha value is -0.390. The minimum atomic E-state index is -2.89. The average Bonchev–Trinajstić information content (AvgIpc) is 2.29. The van der Waals surface area contributed by atoms with Gasteiger partial charge in [0, 0.05) is 22.8 Å². The fourth-order valence-corrected chi connectivity index (χ4v) is 3.23. The summed E-state index contributed by atoms with van der Waals surface area (Å²) in [6.45, 7) is 4.42. The van der Waals surface area contributed by atoms with Crippen molar-refractivity contribution < 1.29 is 8.42 Å². The molecule has 1 aromatic rings. The van der Waals surface area contributed by atoms with Crippen molar-refractivity contribution in [3.05, 3.63) is 34.3 Å². The van der Waals surface area contributed by atoms with Crippen LogP contribution in [0.1, 0.15) is 31.9 Å². The zero-order chi connectivity index (χ0) is 13.6. The van der Waals surface area contributed by atoms with E-state index < -0.39 is 9.84 Å². The van der Waals surface area contributed by atoms with Crippen molar-refractivity contribution in [1.82, 2.24) is 5.32 Å². The summed E-state index contributed by atoms with van der Waals surface area (Å²) in [4.78, 5) is 0. The van der Waals surface area contributed by atoms with Gasteiger partial charge in [0.2, 0.25) is 0 Å². The summed E-state index contributed by atoms with van der Waals surface area (Å²) < 4.78 is 24.1. The predicted molar refractivity (Wildman–Crippen MR) is 79.5 cm³/mol. The molecule has 18 heavy (non-hydrogen) atoms. The number of halogens is 1. The second kappa shape index (κ2) is 7.26. The van der Waals surface area contributed by atoms with E-state index in [9.17, 15) is 8.42 Å². The van der Waals surface area contributed by atoms with Crippen LogP contribution in [0.3, 0.4) is 0 Å². The van der Waals surface area contributed by atoms with Crippen LogP contribution in [0, 0.1) is 0 Å². The molecule has 1 N–H and O–H groups in total. The first-order valence-electron chi connectivity index (χ1n) is 6.14. The molecular formula is C13H20BrNO2S. The molecule has 0 saturated heterocycles. The minimum absolute atomic E-state index is 0.162. The van der Waals surface area contributed by atoms with Crippen molar-refractivity contribution in [2.45, 2.75) is 26.3 Å². The van der Waals surface area contributed by atoms with Crippen LogP contribution in [-0.2, 0) is 9.84 Å². The summed E-state index contributed by atoms with van der Waals surface area (Å²) >= 11 is 3.39. The molecule has 1 rings (SSSR count). The van der Waals surface area contributed by atoms with Crippen LogP contribution < -0.4 is 5.32 Å². The standard InChI is InChI=1S/C13H20BrNO2S/c1-3-9-18(16,17)10-8-15-11(2)12-4-6-13(14)7-5-12/h4-7,11,15H,3,8-10H2,1-2H3/t11-/m0/s1. The summed E-state index contributed by atoms with van der Waals surface area (Å²) in [7, 11) is -2.89. The molecular weight excluding hydrogens is 314 g/mol. The van der Waals surface area contributed by atoms with E-state index in [1.165, 1.54) is 0 Å². The van der Waals surface area contributed by atoms with Gasteiger partial charge in [-0.1, -0.05) is 35.0 Å². The van der Waals surface area contributed by atoms with Crippen molar-refractivity contribution in [3.63, 3.8) is 0 Å². The number of hydrogen-bond donors (Lipinski definition) is 1. The highest BCUT2D eigenvalue weighted by Gasteiger charge is 2.10. The van der Waals surface area contributed by atoms with Crippen molar-refractivity contribution in [2.75, 3.05) is 18.1 Å². The highest BCUT2D eigenvalue weighted by Crippen LogP contribution is 2.16. The SMILES string of the molecule is CCCS(=O)(=O)CCN[C@@H](C)c1ccc(Br)cc1. The first-order valence-corrected chi connectivity index (χ1v) is 8.75. The van der Waals surface area contributed by atoms with E-state index in [4.69, 9.17) is 0 Å². The molecule has 5 heteroatoms. The zero-order valence-corrected chi connectivity index (χ0v) is 13.2. The number of nitrogens with one attached hydrogen (secondary N) is 1. The van der Waals surface area contributed by atoms with Crippen molar-refractivity contribution in [1.29, 1.82) is 0 Å². The van der Waals surface area contributed by atoms with Crippen LogP contribution in [-0.4, -0.2) is 26.5 Å². The van der Waals surface area contributed by atoms with Crippen LogP contribution in [0.25, 0.3) is 0 Å². The van der Waals surface area contributed by atoms with E-state index in [0.717, 1.165) is 10.0 Å². The Morgan fingerprint density at radius 2 is 1.83 bits per heavy atom. The van der Waals surface area contributed by atoms with Crippen LogP contribution in [0.5, 0.6) is 0 Å². The summed E-state index contributed by atoms with van der Waals surface area (Å²) in [6, 6.07) is 8.20. The van der Waals surface area contributed by atoms with Crippen LogP contribution in [0.4, 0.5) is 0 Å². The molecule has 0 fully saturated rings. The predicted octanol–water partition coefficient (Wildman–Crippen LogP) is 2.92. The summed E-state index contributed by atoms with van der Waals surface area (Å²) in [5, 5.41) is 3.24. The molecule has 3 nitrogen and oxygen atoms in total. The van der Waals surface area contributed by atoms with Crippen LogP contribution in [0.15, 0.2) is 28.7 Å². The van der Waals surface area contributed by atoms with E-state index in [1.54, 1.807) is 0 Å². The van der Waals surface area contributed by atoms with Gasteiger partial charge < -0.3 is 5.32 Å². The lowest BCUT2D eigenvalue weighted by molar-refractivity contribution is 0.571. The van der Waals surface area contributed by atoms with Crippen LogP contribution in [0.2, 0.25) is 0 Å².